The van der Waals surface area contributed by atoms with Crippen LogP contribution in [0.3, 0.4) is 0 Å². The van der Waals surface area contributed by atoms with E-state index in [1.165, 1.54) is 6.07 Å². The standard InChI is InChI=1S/C11H9FN4O4/c1-19-11(18)6-3-2-5(12)4-7(6)14-10(17)8-9(13)16-20-15-8/h2-4H,1H3,(H2,13,16)(H,14,17). The van der Waals surface area contributed by atoms with E-state index in [9.17, 15) is 14.0 Å². The van der Waals surface area contributed by atoms with Gasteiger partial charge in [-0.25, -0.2) is 13.8 Å². The minimum Gasteiger partial charge on any atom is -0.465 e. The molecule has 20 heavy (non-hydrogen) atoms. The van der Waals surface area contributed by atoms with Crippen LogP contribution in [0.15, 0.2) is 22.8 Å². The summed E-state index contributed by atoms with van der Waals surface area (Å²) in [6.45, 7) is 0. The summed E-state index contributed by atoms with van der Waals surface area (Å²) in [6, 6.07) is 3.21. The number of ether oxygens (including phenoxy) is 1. The van der Waals surface area contributed by atoms with Crippen molar-refractivity contribution in [2.45, 2.75) is 0 Å². The van der Waals surface area contributed by atoms with Gasteiger partial charge in [0.1, 0.15) is 5.82 Å². The first kappa shape index (κ1) is 13.5. The molecule has 0 radical (unpaired) electrons. The van der Waals surface area contributed by atoms with Crippen LogP contribution in [0.4, 0.5) is 15.9 Å². The van der Waals surface area contributed by atoms with E-state index in [1.54, 1.807) is 0 Å². The molecule has 0 spiro atoms. The summed E-state index contributed by atoms with van der Waals surface area (Å²) in [4.78, 5) is 23.4. The van der Waals surface area contributed by atoms with Crippen LogP contribution in [-0.4, -0.2) is 29.3 Å². The Bertz CT molecular complexity index is 670. The fourth-order valence-electron chi connectivity index (χ4n) is 1.44. The summed E-state index contributed by atoms with van der Waals surface area (Å²) in [6.07, 6.45) is 0. The monoisotopic (exact) mass is 280 g/mol. The Labute approximate surface area is 111 Å². The van der Waals surface area contributed by atoms with E-state index in [0.717, 1.165) is 19.2 Å². The molecule has 0 unspecified atom stereocenters. The number of nitrogen functional groups attached to an aromatic ring is 1. The van der Waals surface area contributed by atoms with Crippen molar-refractivity contribution in [2.24, 2.45) is 0 Å². The van der Waals surface area contributed by atoms with Crippen molar-refractivity contribution in [3.63, 3.8) is 0 Å². The molecule has 0 fully saturated rings. The van der Waals surface area contributed by atoms with Crippen LogP contribution in [0.25, 0.3) is 0 Å². The number of anilines is 2. The zero-order valence-corrected chi connectivity index (χ0v) is 10.2. The normalized spacial score (nSPS) is 10.1. The average Bonchev–Trinajstić information content (AvgIpc) is 2.84. The maximum absolute atomic E-state index is 13.2. The number of carbonyl (C=O) groups is 2. The largest absolute Gasteiger partial charge is 0.465 e. The van der Waals surface area contributed by atoms with E-state index < -0.39 is 17.7 Å². The van der Waals surface area contributed by atoms with E-state index in [-0.39, 0.29) is 22.8 Å². The number of halogens is 1. The summed E-state index contributed by atoms with van der Waals surface area (Å²) in [5.41, 5.74) is 4.99. The molecular formula is C11H9FN4O4. The molecule has 1 amide bonds. The molecule has 0 bridgehead atoms. The van der Waals surface area contributed by atoms with Gasteiger partial charge in [-0.2, -0.15) is 0 Å². The van der Waals surface area contributed by atoms with Crippen LogP contribution >= 0.6 is 0 Å². The van der Waals surface area contributed by atoms with E-state index in [0.29, 0.717) is 0 Å². The molecule has 3 N–H and O–H groups in total. The summed E-state index contributed by atoms with van der Waals surface area (Å²) >= 11 is 0. The number of nitrogens with two attached hydrogens (primary N) is 1. The smallest absolute Gasteiger partial charge is 0.339 e. The summed E-state index contributed by atoms with van der Waals surface area (Å²) < 4.78 is 22.0. The Balaban J connectivity index is 2.33. The van der Waals surface area contributed by atoms with Crippen molar-refractivity contribution in [3.8, 4) is 0 Å². The molecule has 9 heteroatoms. The number of nitrogens with one attached hydrogen (secondary N) is 1. The number of aromatic nitrogens is 2. The second-order valence-electron chi connectivity index (χ2n) is 3.63. The van der Waals surface area contributed by atoms with E-state index in [1.807, 2.05) is 0 Å². The van der Waals surface area contributed by atoms with Crippen molar-refractivity contribution in [1.82, 2.24) is 10.3 Å². The third-order valence-electron chi connectivity index (χ3n) is 2.36. The molecule has 1 aromatic heterocycles. The molecular weight excluding hydrogens is 271 g/mol. The van der Waals surface area contributed by atoms with Gasteiger partial charge in [0, 0.05) is 0 Å². The summed E-state index contributed by atoms with van der Waals surface area (Å²) in [5.74, 6) is -2.39. The molecule has 104 valence electrons. The highest BCUT2D eigenvalue weighted by Crippen LogP contribution is 2.19. The second kappa shape index (κ2) is 5.34. The highest BCUT2D eigenvalue weighted by molar-refractivity contribution is 6.08. The summed E-state index contributed by atoms with van der Waals surface area (Å²) in [5, 5.41) is 8.82. The molecule has 0 aliphatic rings. The van der Waals surface area contributed by atoms with Gasteiger partial charge in [0.25, 0.3) is 5.91 Å². The highest BCUT2D eigenvalue weighted by atomic mass is 19.1. The third-order valence-corrected chi connectivity index (χ3v) is 2.36. The molecule has 1 heterocycles. The van der Waals surface area contributed by atoms with Crippen LogP contribution in [0, 0.1) is 5.82 Å². The maximum Gasteiger partial charge on any atom is 0.339 e. The molecule has 0 atom stereocenters. The van der Waals surface area contributed by atoms with Gasteiger partial charge in [0.15, 0.2) is 0 Å². The zero-order valence-electron chi connectivity index (χ0n) is 10.2. The number of rotatable bonds is 3. The Morgan fingerprint density at radius 1 is 1.40 bits per heavy atom. The SMILES string of the molecule is COC(=O)c1ccc(F)cc1NC(=O)c1nonc1N. The predicted octanol–water partition coefficient (Wildman–Crippen LogP) is 0.830. The van der Waals surface area contributed by atoms with Gasteiger partial charge >= 0.3 is 5.97 Å². The molecule has 0 aliphatic heterocycles. The Kier molecular flexibility index (Phi) is 3.60. The number of carbonyl (C=O) groups excluding carboxylic acids is 2. The lowest BCUT2D eigenvalue weighted by Crippen LogP contribution is -2.17. The first-order chi connectivity index (χ1) is 9.52. The average molecular weight is 280 g/mol. The fraction of sp³-hybridized carbons (Fsp3) is 0.0909. The van der Waals surface area contributed by atoms with Crippen molar-refractivity contribution in [1.29, 1.82) is 0 Å². The van der Waals surface area contributed by atoms with Gasteiger partial charge in [0.2, 0.25) is 11.5 Å². The number of amides is 1. The van der Waals surface area contributed by atoms with Crippen LogP contribution in [0.1, 0.15) is 20.8 Å². The Morgan fingerprint density at radius 2 is 2.15 bits per heavy atom. The maximum atomic E-state index is 13.2. The van der Waals surface area contributed by atoms with E-state index in [4.69, 9.17) is 5.73 Å². The van der Waals surface area contributed by atoms with Crippen molar-refractivity contribution in [2.75, 3.05) is 18.2 Å². The minimum atomic E-state index is -0.792. The first-order valence-electron chi connectivity index (χ1n) is 5.30. The summed E-state index contributed by atoms with van der Waals surface area (Å²) in [7, 11) is 1.16. The van der Waals surface area contributed by atoms with Gasteiger partial charge < -0.3 is 15.8 Å². The topological polar surface area (TPSA) is 120 Å². The van der Waals surface area contributed by atoms with Crippen molar-refractivity contribution < 1.29 is 23.3 Å². The lowest BCUT2D eigenvalue weighted by molar-refractivity contribution is 0.0602. The van der Waals surface area contributed by atoms with Gasteiger partial charge in [-0.3, -0.25) is 4.79 Å². The predicted molar refractivity (Wildman–Crippen MR) is 64.4 cm³/mol. The molecule has 1 aromatic carbocycles. The molecule has 0 aliphatic carbocycles. The van der Waals surface area contributed by atoms with Crippen molar-refractivity contribution in [3.05, 3.63) is 35.3 Å². The van der Waals surface area contributed by atoms with E-state index in [2.05, 4.69) is 25.0 Å². The lowest BCUT2D eigenvalue weighted by Gasteiger charge is -2.08. The molecule has 8 nitrogen and oxygen atoms in total. The van der Waals surface area contributed by atoms with Gasteiger partial charge in [-0.1, -0.05) is 0 Å². The number of esters is 1. The second-order valence-corrected chi connectivity index (χ2v) is 3.63. The Hall–Kier alpha value is -2.97. The molecule has 0 saturated carbocycles. The number of hydrogen-bond acceptors (Lipinski definition) is 7. The highest BCUT2D eigenvalue weighted by Gasteiger charge is 2.20. The molecule has 2 aromatic rings. The van der Waals surface area contributed by atoms with Gasteiger partial charge in [0.05, 0.1) is 18.4 Å². The number of nitrogens with zero attached hydrogens (tertiary/aromatic N) is 2. The number of hydrogen-bond donors (Lipinski definition) is 2. The Morgan fingerprint density at radius 3 is 2.75 bits per heavy atom. The zero-order chi connectivity index (χ0) is 14.7. The van der Waals surface area contributed by atoms with E-state index >= 15 is 0 Å². The van der Waals surface area contributed by atoms with Crippen LogP contribution < -0.4 is 11.1 Å². The van der Waals surface area contributed by atoms with Gasteiger partial charge in [-0.05, 0) is 28.5 Å². The van der Waals surface area contributed by atoms with Crippen LogP contribution in [-0.2, 0) is 4.74 Å². The number of benzene rings is 1. The fourth-order valence-corrected chi connectivity index (χ4v) is 1.44. The quantitative estimate of drug-likeness (QED) is 0.798. The third kappa shape index (κ3) is 2.55. The van der Waals surface area contributed by atoms with Gasteiger partial charge in [-0.15, -0.1) is 0 Å². The molecule has 0 saturated heterocycles. The molecule has 2 rings (SSSR count). The van der Waals surface area contributed by atoms with Crippen LogP contribution in [0.5, 0.6) is 0 Å². The minimum absolute atomic E-state index is 0.0164. The lowest BCUT2D eigenvalue weighted by atomic mass is 10.1. The van der Waals surface area contributed by atoms with Crippen molar-refractivity contribution >= 4 is 23.4 Å². The first-order valence-corrected chi connectivity index (χ1v) is 5.30. The van der Waals surface area contributed by atoms with Crippen LogP contribution in [0.2, 0.25) is 0 Å². The number of methoxy groups -OCH3 is 1.